The van der Waals surface area contributed by atoms with Gasteiger partial charge in [-0.1, -0.05) is 30.3 Å². The normalized spacial score (nSPS) is 11.2. The fraction of sp³-hybridized carbons (Fsp3) is 0.350. The van der Waals surface area contributed by atoms with E-state index in [1.807, 2.05) is 36.4 Å². The van der Waals surface area contributed by atoms with E-state index < -0.39 is 0 Å². The third kappa shape index (κ3) is 6.37. The van der Waals surface area contributed by atoms with Crippen LogP contribution in [0.2, 0.25) is 0 Å². The van der Waals surface area contributed by atoms with Crippen molar-refractivity contribution < 1.29 is 9.47 Å². The number of nitrogens with one attached hydrogen (secondary N) is 1. The van der Waals surface area contributed by atoms with Crippen LogP contribution in [0.3, 0.4) is 0 Å². The molecule has 0 bridgehead atoms. The molecule has 3 N–H and O–H groups in total. The molecule has 0 aliphatic heterocycles. The van der Waals surface area contributed by atoms with Gasteiger partial charge in [0.1, 0.15) is 11.5 Å². The van der Waals surface area contributed by atoms with Crippen molar-refractivity contribution in [2.24, 2.45) is 10.7 Å². The molecule has 5 nitrogen and oxygen atoms in total. The predicted octanol–water partition coefficient (Wildman–Crippen LogP) is 2.78. The van der Waals surface area contributed by atoms with Crippen LogP contribution in [0, 0.1) is 0 Å². The summed E-state index contributed by atoms with van der Waals surface area (Å²) in [5.74, 6) is 2.20. The van der Waals surface area contributed by atoms with Gasteiger partial charge in [-0.15, -0.1) is 0 Å². The summed E-state index contributed by atoms with van der Waals surface area (Å²) in [6.07, 6.45) is 2.68. The minimum absolute atomic E-state index is 0.494. The number of hydrogen-bond acceptors (Lipinski definition) is 3. The largest absolute Gasteiger partial charge is 0.497 e. The van der Waals surface area contributed by atoms with Crippen LogP contribution in [0.15, 0.2) is 53.5 Å². The second-order valence-corrected chi connectivity index (χ2v) is 5.71. The molecular formula is C20H27N3O2. The molecular weight excluding hydrogens is 314 g/mol. The maximum Gasteiger partial charge on any atom is 0.188 e. The van der Waals surface area contributed by atoms with Gasteiger partial charge in [-0.2, -0.15) is 0 Å². The highest BCUT2D eigenvalue weighted by molar-refractivity contribution is 5.77. The fourth-order valence-electron chi connectivity index (χ4n) is 2.58. The first kappa shape index (κ1) is 18.6. The van der Waals surface area contributed by atoms with Crippen LogP contribution in [0.25, 0.3) is 0 Å². The van der Waals surface area contributed by atoms with Crippen LogP contribution in [0.5, 0.6) is 11.5 Å². The van der Waals surface area contributed by atoms with E-state index in [0.717, 1.165) is 42.9 Å². The van der Waals surface area contributed by atoms with Gasteiger partial charge in [0.05, 0.1) is 14.2 Å². The summed E-state index contributed by atoms with van der Waals surface area (Å²) >= 11 is 0. The van der Waals surface area contributed by atoms with Gasteiger partial charge in [0.25, 0.3) is 0 Å². The highest BCUT2D eigenvalue weighted by Crippen LogP contribution is 2.24. The summed E-state index contributed by atoms with van der Waals surface area (Å²) in [7, 11) is 3.34. The van der Waals surface area contributed by atoms with Gasteiger partial charge in [0.2, 0.25) is 0 Å². The molecule has 2 rings (SSSR count). The Bertz CT molecular complexity index is 672. The Morgan fingerprint density at radius 1 is 1.04 bits per heavy atom. The van der Waals surface area contributed by atoms with Crippen LogP contribution in [-0.4, -0.2) is 33.3 Å². The molecule has 5 heteroatoms. The number of aryl methyl sites for hydroxylation is 1. The van der Waals surface area contributed by atoms with Crippen molar-refractivity contribution >= 4 is 5.96 Å². The fourth-order valence-corrected chi connectivity index (χ4v) is 2.58. The van der Waals surface area contributed by atoms with Crippen LogP contribution < -0.4 is 20.5 Å². The van der Waals surface area contributed by atoms with Gasteiger partial charge in [-0.05, 0) is 48.6 Å². The van der Waals surface area contributed by atoms with Crippen molar-refractivity contribution in [1.82, 2.24) is 5.32 Å². The average molecular weight is 341 g/mol. The summed E-state index contributed by atoms with van der Waals surface area (Å²) < 4.78 is 10.7. The highest BCUT2D eigenvalue weighted by Gasteiger charge is 2.04. The molecule has 0 aliphatic rings. The van der Waals surface area contributed by atoms with Gasteiger partial charge in [-0.25, -0.2) is 0 Å². The third-order valence-electron chi connectivity index (χ3n) is 3.94. The molecule has 2 aromatic rings. The topological polar surface area (TPSA) is 68.9 Å². The van der Waals surface area contributed by atoms with Crippen LogP contribution in [0.4, 0.5) is 0 Å². The van der Waals surface area contributed by atoms with Crippen molar-refractivity contribution in [1.29, 1.82) is 0 Å². The van der Waals surface area contributed by atoms with Gasteiger partial charge in [0.15, 0.2) is 5.96 Å². The van der Waals surface area contributed by atoms with Gasteiger partial charge >= 0.3 is 0 Å². The van der Waals surface area contributed by atoms with E-state index in [1.54, 1.807) is 14.2 Å². The maximum atomic E-state index is 5.91. The third-order valence-corrected chi connectivity index (χ3v) is 3.94. The van der Waals surface area contributed by atoms with Gasteiger partial charge < -0.3 is 20.5 Å². The second-order valence-electron chi connectivity index (χ2n) is 5.71. The molecule has 0 fully saturated rings. The first-order valence-corrected chi connectivity index (χ1v) is 8.51. The summed E-state index contributed by atoms with van der Waals surface area (Å²) in [5.41, 5.74) is 8.32. The molecule has 25 heavy (non-hydrogen) atoms. The van der Waals surface area contributed by atoms with Crippen LogP contribution in [0.1, 0.15) is 17.5 Å². The number of ether oxygens (including phenoxy) is 2. The average Bonchev–Trinajstić information content (AvgIpc) is 2.66. The number of nitrogens with zero attached hydrogens (tertiary/aromatic N) is 1. The van der Waals surface area contributed by atoms with E-state index in [-0.39, 0.29) is 0 Å². The van der Waals surface area contributed by atoms with E-state index in [0.29, 0.717) is 12.5 Å². The van der Waals surface area contributed by atoms with Crippen molar-refractivity contribution in [3.8, 4) is 11.5 Å². The summed E-state index contributed by atoms with van der Waals surface area (Å²) in [6, 6.07) is 16.1. The standard InChI is InChI=1S/C20H27N3O2/c1-24-18-10-11-19(25-2)17(15-18)9-6-13-22-20(21)23-14-12-16-7-4-3-5-8-16/h3-5,7-8,10-11,15H,6,9,12-14H2,1-2H3,(H3,21,22,23). The molecule has 0 heterocycles. The van der Waals surface area contributed by atoms with E-state index >= 15 is 0 Å². The van der Waals surface area contributed by atoms with E-state index in [2.05, 4.69) is 22.4 Å². The smallest absolute Gasteiger partial charge is 0.188 e. The lowest BCUT2D eigenvalue weighted by atomic mass is 10.1. The number of methoxy groups -OCH3 is 2. The first-order chi connectivity index (χ1) is 12.2. The van der Waals surface area contributed by atoms with Gasteiger partial charge in [-0.3, -0.25) is 4.99 Å². The Morgan fingerprint density at radius 2 is 1.84 bits per heavy atom. The number of benzene rings is 2. The summed E-state index contributed by atoms with van der Waals surface area (Å²) in [4.78, 5) is 4.38. The quantitative estimate of drug-likeness (QED) is 0.418. The van der Waals surface area contributed by atoms with Gasteiger partial charge in [0, 0.05) is 13.1 Å². The number of hydrogen-bond donors (Lipinski definition) is 2. The molecule has 0 unspecified atom stereocenters. The van der Waals surface area contributed by atoms with Crippen molar-refractivity contribution in [2.45, 2.75) is 19.3 Å². The van der Waals surface area contributed by atoms with Crippen LogP contribution >= 0.6 is 0 Å². The number of nitrogens with two attached hydrogens (primary N) is 1. The molecule has 0 saturated carbocycles. The molecule has 0 aliphatic carbocycles. The van der Waals surface area contributed by atoms with E-state index in [1.165, 1.54) is 5.56 Å². The molecule has 0 radical (unpaired) electrons. The lowest BCUT2D eigenvalue weighted by Gasteiger charge is -2.10. The molecule has 0 saturated heterocycles. The number of guanidine groups is 1. The molecule has 0 spiro atoms. The first-order valence-electron chi connectivity index (χ1n) is 8.51. The minimum Gasteiger partial charge on any atom is -0.497 e. The van der Waals surface area contributed by atoms with Crippen molar-refractivity contribution in [3.05, 3.63) is 59.7 Å². The Kier molecular flexibility index (Phi) is 7.63. The Balaban J connectivity index is 1.73. The number of rotatable bonds is 9. The highest BCUT2D eigenvalue weighted by atomic mass is 16.5. The minimum atomic E-state index is 0.494. The monoisotopic (exact) mass is 341 g/mol. The lowest BCUT2D eigenvalue weighted by molar-refractivity contribution is 0.398. The van der Waals surface area contributed by atoms with Crippen LogP contribution in [-0.2, 0) is 12.8 Å². The lowest BCUT2D eigenvalue weighted by Crippen LogP contribution is -2.33. The zero-order chi connectivity index (χ0) is 17.9. The molecule has 0 aromatic heterocycles. The number of aliphatic imine (C=N–C) groups is 1. The molecule has 134 valence electrons. The molecule has 0 amide bonds. The Morgan fingerprint density at radius 3 is 2.56 bits per heavy atom. The van der Waals surface area contributed by atoms with E-state index in [4.69, 9.17) is 15.2 Å². The Labute approximate surface area is 149 Å². The Hall–Kier alpha value is -2.69. The SMILES string of the molecule is COc1ccc(OC)c(CCCN=C(N)NCCc2ccccc2)c1. The zero-order valence-electron chi connectivity index (χ0n) is 15.0. The maximum absolute atomic E-state index is 5.91. The molecule has 2 aromatic carbocycles. The molecule has 0 atom stereocenters. The predicted molar refractivity (Wildman–Crippen MR) is 103 cm³/mol. The summed E-state index contributed by atoms with van der Waals surface area (Å²) in [6.45, 7) is 1.45. The summed E-state index contributed by atoms with van der Waals surface area (Å²) in [5, 5.41) is 3.15. The van der Waals surface area contributed by atoms with Crippen molar-refractivity contribution in [3.63, 3.8) is 0 Å². The van der Waals surface area contributed by atoms with E-state index in [9.17, 15) is 0 Å². The second kappa shape index (κ2) is 10.2. The van der Waals surface area contributed by atoms with Crippen molar-refractivity contribution in [2.75, 3.05) is 27.3 Å². The zero-order valence-corrected chi connectivity index (χ0v) is 15.0.